The Balaban J connectivity index is 2.52. The van der Waals surface area contributed by atoms with Gasteiger partial charge in [-0.1, -0.05) is 20.8 Å². The monoisotopic (exact) mass is 292 g/mol. The van der Waals surface area contributed by atoms with Gasteiger partial charge in [-0.2, -0.15) is 0 Å². The quantitative estimate of drug-likeness (QED) is 0.685. The first-order chi connectivity index (χ1) is 10.1. The van der Waals surface area contributed by atoms with Crippen molar-refractivity contribution < 1.29 is 4.79 Å². The van der Waals surface area contributed by atoms with E-state index in [1.54, 1.807) is 6.07 Å². The fourth-order valence-corrected chi connectivity index (χ4v) is 2.17. The third kappa shape index (κ3) is 5.71. The lowest BCUT2D eigenvalue weighted by molar-refractivity contribution is 0.0951. The summed E-state index contributed by atoms with van der Waals surface area (Å²) in [5.41, 5.74) is 1.60. The van der Waals surface area contributed by atoms with Crippen molar-refractivity contribution in [2.24, 2.45) is 0 Å². The van der Waals surface area contributed by atoms with Gasteiger partial charge in [0.15, 0.2) is 0 Å². The second kappa shape index (κ2) is 9.34. The number of hydrogen-bond donors (Lipinski definition) is 2. The minimum Gasteiger partial charge on any atom is -0.373 e. The Bertz CT molecular complexity index is 422. The molecule has 0 aliphatic carbocycles. The van der Waals surface area contributed by atoms with Crippen LogP contribution in [0.5, 0.6) is 0 Å². The molecule has 0 fully saturated rings. The van der Waals surface area contributed by atoms with Gasteiger partial charge in [-0.25, -0.2) is 4.98 Å². The Morgan fingerprint density at radius 2 is 1.95 bits per heavy atom. The number of carbonyl (C=O) groups excluding carboxylic acids is 1. The standard InChI is InChI=1S/C16H28N4O/c1-5-14-11-13(12-15(17-4)19-14)16(21)18-9-8-10-20(6-2)7-3/h11-12H,5-10H2,1-4H3,(H,17,19)(H,18,21). The predicted molar refractivity (Wildman–Crippen MR) is 87.9 cm³/mol. The molecular formula is C16H28N4O. The highest BCUT2D eigenvalue weighted by Gasteiger charge is 2.09. The van der Waals surface area contributed by atoms with Gasteiger partial charge >= 0.3 is 0 Å². The van der Waals surface area contributed by atoms with E-state index in [9.17, 15) is 4.79 Å². The van der Waals surface area contributed by atoms with Crippen LogP contribution in [-0.4, -0.2) is 49.0 Å². The van der Waals surface area contributed by atoms with E-state index in [0.717, 1.165) is 44.0 Å². The van der Waals surface area contributed by atoms with Crippen LogP contribution in [0.3, 0.4) is 0 Å². The molecule has 0 aromatic carbocycles. The van der Waals surface area contributed by atoms with Crippen LogP contribution in [0.1, 0.15) is 43.2 Å². The number of rotatable bonds is 9. The summed E-state index contributed by atoms with van der Waals surface area (Å²) in [6.45, 7) is 10.2. The molecule has 0 aliphatic heterocycles. The molecule has 1 aromatic rings. The van der Waals surface area contributed by atoms with Crippen molar-refractivity contribution in [1.82, 2.24) is 15.2 Å². The van der Waals surface area contributed by atoms with E-state index in [4.69, 9.17) is 0 Å². The van der Waals surface area contributed by atoms with E-state index in [-0.39, 0.29) is 5.91 Å². The summed E-state index contributed by atoms with van der Waals surface area (Å²) < 4.78 is 0. The summed E-state index contributed by atoms with van der Waals surface area (Å²) >= 11 is 0. The first-order valence-corrected chi connectivity index (χ1v) is 7.83. The zero-order valence-corrected chi connectivity index (χ0v) is 13.7. The SMILES string of the molecule is CCc1cc(C(=O)NCCCN(CC)CC)cc(NC)n1. The van der Waals surface area contributed by atoms with Crippen LogP contribution in [-0.2, 0) is 6.42 Å². The predicted octanol–water partition coefficient (Wildman–Crippen LogP) is 2.15. The van der Waals surface area contributed by atoms with Crippen LogP contribution in [0.4, 0.5) is 5.82 Å². The molecule has 1 aromatic heterocycles. The van der Waals surface area contributed by atoms with Crippen molar-refractivity contribution in [2.45, 2.75) is 33.6 Å². The summed E-state index contributed by atoms with van der Waals surface area (Å²) in [7, 11) is 1.81. The van der Waals surface area contributed by atoms with Crippen LogP contribution in [0, 0.1) is 0 Å². The summed E-state index contributed by atoms with van der Waals surface area (Å²) in [6, 6.07) is 3.65. The molecule has 1 amide bonds. The zero-order valence-electron chi connectivity index (χ0n) is 13.7. The van der Waals surface area contributed by atoms with Crippen LogP contribution in [0.25, 0.3) is 0 Å². The Kier molecular flexibility index (Phi) is 7.75. The summed E-state index contributed by atoms with van der Waals surface area (Å²) in [5, 5.41) is 5.98. The van der Waals surface area contributed by atoms with Gasteiger partial charge in [0.25, 0.3) is 5.91 Å². The molecule has 0 saturated carbocycles. The van der Waals surface area contributed by atoms with Gasteiger partial charge in [0.2, 0.25) is 0 Å². The van der Waals surface area contributed by atoms with Crippen LogP contribution >= 0.6 is 0 Å². The molecule has 0 spiro atoms. The molecule has 0 unspecified atom stereocenters. The van der Waals surface area contributed by atoms with Crippen molar-refractivity contribution in [1.29, 1.82) is 0 Å². The van der Waals surface area contributed by atoms with Crippen molar-refractivity contribution in [3.05, 3.63) is 23.4 Å². The summed E-state index contributed by atoms with van der Waals surface area (Å²) in [6.07, 6.45) is 1.79. The fourth-order valence-electron chi connectivity index (χ4n) is 2.17. The molecule has 0 saturated heterocycles. The first kappa shape index (κ1) is 17.4. The van der Waals surface area contributed by atoms with Crippen molar-refractivity contribution in [2.75, 3.05) is 38.5 Å². The van der Waals surface area contributed by atoms with E-state index >= 15 is 0 Å². The molecule has 0 aliphatic rings. The molecule has 0 radical (unpaired) electrons. The number of amides is 1. The Morgan fingerprint density at radius 1 is 1.24 bits per heavy atom. The number of nitrogens with zero attached hydrogens (tertiary/aromatic N) is 2. The summed E-state index contributed by atoms with van der Waals surface area (Å²) in [4.78, 5) is 18.9. The molecule has 21 heavy (non-hydrogen) atoms. The van der Waals surface area contributed by atoms with E-state index in [1.165, 1.54) is 0 Å². The van der Waals surface area contributed by atoms with Crippen LogP contribution in [0.2, 0.25) is 0 Å². The highest BCUT2D eigenvalue weighted by molar-refractivity contribution is 5.95. The Hall–Kier alpha value is -1.62. The fraction of sp³-hybridized carbons (Fsp3) is 0.625. The third-order valence-corrected chi connectivity index (χ3v) is 3.59. The lowest BCUT2D eigenvalue weighted by Crippen LogP contribution is -2.30. The molecule has 1 heterocycles. The highest BCUT2D eigenvalue weighted by Crippen LogP contribution is 2.10. The van der Waals surface area contributed by atoms with Crippen molar-refractivity contribution in [3.8, 4) is 0 Å². The number of pyridine rings is 1. The number of anilines is 1. The smallest absolute Gasteiger partial charge is 0.251 e. The Morgan fingerprint density at radius 3 is 2.52 bits per heavy atom. The maximum absolute atomic E-state index is 12.2. The second-order valence-electron chi connectivity index (χ2n) is 4.97. The van der Waals surface area contributed by atoms with Crippen LogP contribution in [0.15, 0.2) is 12.1 Å². The van der Waals surface area contributed by atoms with E-state index in [2.05, 4.69) is 34.4 Å². The lowest BCUT2D eigenvalue weighted by Gasteiger charge is -2.17. The molecule has 0 atom stereocenters. The van der Waals surface area contributed by atoms with Crippen molar-refractivity contribution in [3.63, 3.8) is 0 Å². The molecule has 5 nitrogen and oxygen atoms in total. The van der Waals surface area contributed by atoms with Crippen molar-refractivity contribution >= 4 is 11.7 Å². The minimum absolute atomic E-state index is 0.0249. The van der Waals surface area contributed by atoms with E-state index in [1.807, 2.05) is 20.0 Å². The Labute approximate surface area is 128 Å². The van der Waals surface area contributed by atoms with Gasteiger partial charge in [0.05, 0.1) is 0 Å². The maximum atomic E-state index is 12.2. The highest BCUT2D eigenvalue weighted by atomic mass is 16.1. The lowest BCUT2D eigenvalue weighted by atomic mass is 10.2. The van der Waals surface area contributed by atoms with Gasteiger partial charge in [0, 0.05) is 24.8 Å². The average Bonchev–Trinajstić information content (AvgIpc) is 2.54. The number of carbonyl (C=O) groups is 1. The molecule has 1 rings (SSSR count). The van der Waals surface area contributed by atoms with E-state index in [0.29, 0.717) is 12.1 Å². The van der Waals surface area contributed by atoms with Gasteiger partial charge in [-0.05, 0) is 44.6 Å². The first-order valence-electron chi connectivity index (χ1n) is 7.83. The van der Waals surface area contributed by atoms with Crippen LogP contribution < -0.4 is 10.6 Å². The molecule has 118 valence electrons. The van der Waals surface area contributed by atoms with Gasteiger partial charge < -0.3 is 15.5 Å². The molecule has 0 bridgehead atoms. The molecule has 5 heteroatoms. The topological polar surface area (TPSA) is 57.3 Å². The number of aromatic nitrogens is 1. The largest absolute Gasteiger partial charge is 0.373 e. The minimum atomic E-state index is -0.0249. The molecular weight excluding hydrogens is 264 g/mol. The second-order valence-corrected chi connectivity index (χ2v) is 4.97. The zero-order chi connectivity index (χ0) is 15.7. The number of hydrogen-bond acceptors (Lipinski definition) is 4. The average molecular weight is 292 g/mol. The maximum Gasteiger partial charge on any atom is 0.251 e. The summed E-state index contributed by atoms with van der Waals surface area (Å²) in [5.74, 6) is 0.714. The number of aryl methyl sites for hydroxylation is 1. The number of nitrogens with one attached hydrogen (secondary N) is 2. The van der Waals surface area contributed by atoms with E-state index < -0.39 is 0 Å². The van der Waals surface area contributed by atoms with Gasteiger partial charge in [-0.3, -0.25) is 4.79 Å². The van der Waals surface area contributed by atoms with Gasteiger partial charge in [-0.15, -0.1) is 0 Å². The van der Waals surface area contributed by atoms with Gasteiger partial charge in [0.1, 0.15) is 5.82 Å². The normalized spacial score (nSPS) is 10.7. The third-order valence-electron chi connectivity index (χ3n) is 3.59. The molecule has 2 N–H and O–H groups in total.